The number of esters is 1. The number of fused-ring (bicyclic) bond motifs is 1. The number of carbonyl (C=O) groups is 2. The van der Waals surface area contributed by atoms with Gasteiger partial charge in [0.1, 0.15) is 17.2 Å². The molecule has 1 aromatic carbocycles. The van der Waals surface area contributed by atoms with E-state index in [0.717, 1.165) is 6.42 Å². The number of hydrogen-bond donors (Lipinski definition) is 1. The number of anilines is 1. The molecule has 0 unspecified atom stereocenters. The zero-order chi connectivity index (χ0) is 19.4. The largest absolute Gasteiger partial charge is 0.462 e. The van der Waals surface area contributed by atoms with E-state index < -0.39 is 17.7 Å². The van der Waals surface area contributed by atoms with Crippen molar-refractivity contribution in [2.45, 2.75) is 26.7 Å². The Morgan fingerprint density at radius 3 is 2.78 bits per heavy atom. The predicted octanol–water partition coefficient (Wildman–Crippen LogP) is 3.85. The molecule has 140 valence electrons. The highest BCUT2D eigenvalue weighted by Gasteiger charge is 2.19. The van der Waals surface area contributed by atoms with Crippen LogP contribution in [0.25, 0.3) is 5.65 Å². The molecule has 0 aliphatic heterocycles. The minimum atomic E-state index is -0.461. The van der Waals surface area contributed by atoms with E-state index in [4.69, 9.17) is 4.74 Å². The number of amides is 1. The van der Waals surface area contributed by atoms with Gasteiger partial charge >= 0.3 is 5.97 Å². The van der Waals surface area contributed by atoms with Crippen LogP contribution in [0, 0.1) is 5.82 Å². The van der Waals surface area contributed by atoms with Gasteiger partial charge in [-0.3, -0.25) is 9.20 Å². The van der Waals surface area contributed by atoms with Gasteiger partial charge in [0.05, 0.1) is 17.9 Å². The third kappa shape index (κ3) is 3.97. The molecule has 1 N–H and O–H groups in total. The van der Waals surface area contributed by atoms with E-state index in [0.29, 0.717) is 35.6 Å². The summed E-state index contributed by atoms with van der Waals surface area (Å²) < 4.78 is 20.2. The Bertz CT molecular complexity index is 997. The summed E-state index contributed by atoms with van der Waals surface area (Å²) in [5.41, 5.74) is 2.12. The average molecular weight is 369 g/mol. The summed E-state index contributed by atoms with van der Waals surface area (Å²) in [5, 5.41) is 2.75. The number of aromatic nitrogens is 2. The molecule has 2 heterocycles. The van der Waals surface area contributed by atoms with Crippen molar-refractivity contribution in [2.24, 2.45) is 0 Å². The molecule has 3 aromatic rings. The standard InChI is InChI=1S/C20H20FN3O3/c1-3-10-27-20(26)13-6-5-7-15(11-13)22-19(25)18-16(4-2)23-17-9-8-14(21)12-24(17)18/h5-9,11-12H,3-4,10H2,1-2H3,(H,22,25). The highest BCUT2D eigenvalue weighted by Crippen LogP contribution is 2.18. The maximum Gasteiger partial charge on any atom is 0.338 e. The van der Waals surface area contributed by atoms with E-state index in [9.17, 15) is 14.0 Å². The molecule has 0 atom stereocenters. The monoisotopic (exact) mass is 369 g/mol. The van der Waals surface area contributed by atoms with Crippen LogP contribution in [0.2, 0.25) is 0 Å². The molecule has 0 saturated carbocycles. The van der Waals surface area contributed by atoms with Crippen LogP contribution in [-0.2, 0) is 11.2 Å². The zero-order valence-corrected chi connectivity index (χ0v) is 15.2. The van der Waals surface area contributed by atoms with Gasteiger partial charge in [0, 0.05) is 11.9 Å². The molecule has 1 amide bonds. The smallest absolute Gasteiger partial charge is 0.338 e. The van der Waals surface area contributed by atoms with E-state index in [1.165, 1.54) is 22.7 Å². The molecule has 3 rings (SSSR count). The molecule has 0 radical (unpaired) electrons. The lowest BCUT2D eigenvalue weighted by Gasteiger charge is -2.09. The molecule has 0 spiro atoms. The third-order valence-electron chi connectivity index (χ3n) is 4.00. The Labute approximate surface area is 156 Å². The van der Waals surface area contributed by atoms with Crippen LogP contribution in [0.4, 0.5) is 10.1 Å². The van der Waals surface area contributed by atoms with Gasteiger partial charge in [0.25, 0.3) is 5.91 Å². The van der Waals surface area contributed by atoms with Crippen molar-refractivity contribution >= 4 is 23.2 Å². The second-order valence-electron chi connectivity index (χ2n) is 6.01. The number of benzene rings is 1. The van der Waals surface area contributed by atoms with E-state index in [-0.39, 0.29) is 5.69 Å². The molecule has 6 nitrogen and oxygen atoms in total. The van der Waals surface area contributed by atoms with Crippen molar-refractivity contribution in [3.63, 3.8) is 0 Å². The lowest BCUT2D eigenvalue weighted by Crippen LogP contribution is -2.17. The molecule has 0 aliphatic carbocycles. The molecular weight excluding hydrogens is 349 g/mol. The number of imidazole rings is 1. The van der Waals surface area contributed by atoms with Gasteiger partial charge in [-0.25, -0.2) is 14.2 Å². The van der Waals surface area contributed by atoms with Crippen molar-refractivity contribution in [1.29, 1.82) is 0 Å². The average Bonchev–Trinajstić information content (AvgIpc) is 3.04. The van der Waals surface area contributed by atoms with E-state index in [1.807, 2.05) is 13.8 Å². The fraction of sp³-hybridized carbons (Fsp3) is 0.250. The molecule has 2 aromatic heterocycles. The van der Waals surface area contributed by atoms with Crippen LogP contribution in [0.5, 0.6) is 0 Å². The Morgan fingerprint density at radius 1 is 1.22 bits per heavy atom. The Morgan fingerprint density at radius 2 is 2.04 bits per heavy atom. The summed E-state index contributed by atoms with van der Waals surface area (Å²) >= 11 is 0. The second kappa shape index (κ2) is 7.99. The normalized spacial score (nSPS) is 10.8. The number of aryl methyl sites for hydroxylation is 1. The maximum atomic E-state index is 13.6. The minimum Gasteiger partial charge on any atom is -0.462 e. The summed E-state index contributed by atoms with van der Waals surface area (Å²) in [5.74, 6) is -1.33. The van der Waals surface area contributed by atoms with Gasteiger partial charge in [-0.15, -0.1) is 0 Å². The first-order chi connectivity index (χ1) is 13.0. The van der Waals surface area contributed by atoms with Crippen molar-refractivity contribution in [2.75, 3.05) is 11.9 Å². The van der Waals surface area contributed by atoms with Crippen molar-refractivity contribution in [3.05, 3.63) is 65.4 Å². The van der Waals surface area contributed by atoms with Crippen LogP contribution >= 0.6 is 0 Å². The first-order valence-electron chi connectivity index (χ1n) is 8.78. The summed E-state index contributed by atoms with van der Waals surface area (Å²) in [6.45, 7) is 4.12. The van der Waals surface area contributed by atoms with Crippen LogP contribution in [0.1, 0.15) is 46.8 Å². The summed E-state index contributed by atoms with van der Waals surface area (Å²) in [4.78, 5) is 29.2. The van der Waals surface area contributed by atoms with Crippen LogP contribution in [0.15, 0.2) is 42.6 Å². The SMILES string of the molecule is CCCOC(=O)c1cccc(NC(=O)c2c(CC)nc3ccc(F)cn23)c1. The molecule has 27 heavy (non-hydrogen) atoms. The lowest BCUT2D eigenvalue weighted by molar-refractivity contribution is 0.0505. The molecule has 0 saturated heterocycles. The summed E-state index contributed by atoms with van der Waals surface area (Å²) in [7, 11) is 0. The van der Waals surface area contributed by atoms with Crippen molar-refractivity contribution in [3.8, 4) is 0 Å². The number of halogens is 1. The van der Waals surface area contributed by atoms with Gasteiger partial charge in [0.15, 0.2) is 0 Å². The molecule has 7 heteroatoms. The summed E-state index contributed by atoms with van der Waals surface area (Å²) in [6.07, 6.45) is 2.48. The van der Waals surface area contributed by atoms with E-state index >= 15 is 0 Å². The number of hydrogen-bond acceptors (Lipinski definition) is 4. The van der Waals surface area contributed by atoms with Gasteiger partial charge in [-0.05, 0) is 43.2 Å². The Kier molecular flexibility index (Phi) is 5.49. The Balaban J connectivity index is 1.89. The van der Waals surface area contributed by atoms with Crippen molar-refractivity contribution < 1.29 is 18.7 Å². The highest BCUT2D eigenvalue weighted by atomic mass is 19.1. The molecule has 0 bridgehead atoms. The van der Waals surface area contributed by atoms with Gasteiger partial charge < -0.3 is 10.1 Å². The van der Waals surface area contributed by atoms with Crippen LogP contribution in [-0.4, -0.2) is 27.9 Å². The predicted molar refractivity (Wildman–Crippen MR) is 99.5 cm³/mol. The lowest BCUT2D eigenvalue weighted by atomic mass is 10.2. The topological polar surface area (TPSA) is 72.7 Å². The first-order valence-corrected chi connectivity index (χ1v) is 8.78. The molecular formula is C20H20FN3O3. The fourth-order valence-corrected chi connectivity index (χ4v) is 2.75. The fourth-order valence-electron chi connectivity index (χ4n) is 2.75. The minimum absolute atomic E-state index is 0.269. The van der Waals surface area contributed by atoms with Crippen LogP contribution in [0.3, 0.4) is 0 Å². The number of rotatable bonds is 6. The molecule has 0 fully saturated rings. The van der Waals surface area contributed by atoms with Gasteiger partial charge in [-0.2, -0.15) is 0 Å². The summed E-state index contributed by atoms with van der Waals surface area (Å²) in [6, 6.07) is 9.32. The molecule has 0 aliphatic rings. The van der Waals surface area contributed by atoms with E-state index in [2.05, 4.69) is 10.3 Å². The maximum absolute atomic E-state index is 13.6. The second-order valence-corrected chi connectivity index (χ2v) is 6.01. The number of nitrogens with one attached hydrogen (secondary N) is 1. The number of nitrogens with zero attached hydrogens (tertiary/aromatic N) is 2. The van der Waals surface area contributed by atoms with Crippen molar-refractivity contribution in [1.82, 2.24) is 9.38 Å². The number of ether oxygens (including phenoxy) is 1. The third-order valence-corrected chi connectivity index (χ3v) is 4.00. The quantitative estimate of drug-likeness (QED) is 0.670. The zero-order valence-electron chi connectivity index (χ0n) is 15.2. The Hall–Kier alpha value is -3.22. The number of pyridine rings is 1. The van der Waals surface area contributed by atoms with Crippen LogP contribution < -0.4 is 5.32 Å². The van der Waals surface area contributed by atoms with Gasteiger partial charge in [-0.1, -0.05) is 19.9 Å². The number of carbonyl (C=O) groups excluding carboxylic acids is 2. The van der Waals surface area contributed by atoms with Gasteiger partial charge in [0.2, 0.25) is 0 Å². The first kappa shape index (κ1) is 18.6. The highest BCUT2D eigenvalue weighted by molar-refractivity contribution is 6.05. The van der Waals surface area contributed by atoms with E-state index in [1.54, 1.807) is 24.3 Å².